The first kappa shape index (κ1) is 50.7. The van der Waals surface area contributed by atoms with E-state index in [2.05, 4.69) is 185 Å². The van der Waals surface area contributed by atoms with Gasteiger partial charge in [0.25, 0.3) is 0 Å². The number of halogens is 1. The fraction of sp³-hybridized carbons (Fsp3) is 1.00. The molecule has 0 fully saturated rings. The van der Waals surface area contributed by atoms with Crippen LogP contribution in [-0.4, -0.2) is 95.9 Å². The lowest BCUT2D eigenvalue weighted by Crippen LogP contribution is -2.78. The predicted octanol–water partition coefficient (Wildman–Crippen LogP) is 13.7. The molecule has 14 heteroatoms. The van der Waals surface area contributed by atoms with Gasteiger partial charge in [-0.05, 0) is 22.5 Å². The average Bonchev–Trinajstić information content (AvgIpc) is 2.63. The summed E-state index contributed by atoms with van der Waals surface area (Å²) < 4.78 is 5.04. The standard InChI is InChI=1S/C34H91ClNSi12/c1-29(2)47(31(39(5,6)7)40(8,9)10,32(41(11,12)13)42(14,15)16)36-38(35)37-48(30(3)4,33(43(17,18)19)44(20,21)22)34(45(23,24)25)46(26,27)28/h29-34,36H,1-28H3/q-1. The van der Waals surface area contributed by atoms with E-state index in [4.69, 9.17) is 15.7 Å². The Bertz CT molecular complexity index is 963. The van der Waals surface area contributed by atoms with Crippen molar-refractivity contribution in [2.75, 3.05) is 0 Å². The summed E-state index contributed by atoms with van der Waals surface area (Å²) in [5, 5.41) is 0. The quantitative estimate of drug-likeness (QED) is 0.113. The monoisotopic (exact) mass is 884 g/mol. The first-order valence-corrected chi connectivity index (χ1v) is 58.1. The summed E-state index contributed by atoms with van der Waals surface area (Å²) >= 11 is 8.51. The van der Waals surface area contributed by atoms with Crippen LogP contribution in [0.1, 0.15) is 27.7 Å². The second-order valence-corrected chi connectivity index (χ2v) is 94.2. The second-order valence-electron chi connectivity index (χ2n) is 25.4. The molecule has 0 aliphatic rings. The summed E-state index contributed by atoms with van der Waals surface area (Å²) in [5.41, 5.74) is 1.52. The number of rotatable bonds is 17. The molecule has 0 heterocycles. The van der Waals surface area contributed by atoms with Crippen LogP contribution >= 0.6 is 11.1 Å². The zero-order valence-electron chi connectivity index (χ0n) is 38.3. The Balaban J connectivity index is 9.03. The fourth-order valence-electron chi connectivity index (χ4n) is 13.6. The normalized spacial score (nSPS) is 16.4. The molecule has 0 radical (unpaired) electrons. The molecule has 1 N–H and O–H groups in total. The highest BCUT2D eigenvalue weighted by Crippen LogP contribution is 2.57. The Labute approximate surface area is 324 Å². The fourth-order valence-corrected chi connectivity index (χ4v) is 173. The zero-order valence-corrected chi connectivity index (χ0v) is 51.1. The van der Waals surface area contributed by atoms with Crippen LogP contribution in [0.3, 0.4) is 0 Å². The van der Waals surface area contributed by atoms with Crippen LogP contribution in [0.2, 0.25) is 187 Å². The highest BCUT2D eigenvalue weighted by atomic mass is 35.6. The maximum Gasteiger partial charge on any atom is 0.142 e. The van der Waals surface area contributed by atoms with Gasteiger partial charge in [0.1, 0.15) is 8.24 Å². The summed E-state index contributed by atoms with van der Waals surface area (Å²) in [7, 11) is -16.6. The molecule has 0 saturated carbocycles. The van der Waals surface area contributed by atoms with Crippen LogP contribution in [0.25, 0.3) is 0 Å². The molecule has 0 saturated heterocycles. The van der Waals surface area contributed by atoms with E-state index in [0.717, 1.165) is 38.4 Å². The van der Waals surface area contributed by atoms with Crippen molar-refractivity contribution < 1.29 is 0 Å². The number of hydrogen-bond acceptors (Lipinski definition) is 1. The van der Waals surface area contributed by atoms with Gasteiger partial charge in [-0.3, -0.25) is 0 Å². The molecular weight excluding hydrogens is 795 g/mol. The third kappa shape index (κ3) is 11.8. The van der Waals surface area contributed by atoms with Gasteiger partial charge in [-0.15, -0.1) is 7.59 Å². The average molecular weight is 887 g/mol. The van der Waals surface area contributed by atoms with E-state index >= 15 is 0 Å². The minimum Gasteiger partial charge on any atom is -0.462 e. The van der Waals surface area contributed by atoms with Crippen LogP contribution in [0, 0.1) is 0 Å². The molecule has 0 aromatic carbocycles. The summed E-state index contributed by atoms with van der Waals surface area (Å²) in [4.78, 5) is 3.86. The van der Waals surface area contributed by atoms with Gasteiger partial charge in [0.15, 0.2) is 0 Å². The highest BCUT2D eigenvalue weighted by Gasteiger charge is 2.64. The smallest absolute Gasteiger partial charge is 0.142 e. The van der Waals surface area contributed by atoms with E-state index < -0.39 is 87.8 Å². The van der Waals surface area contributed by atoms with E-state index in [1.165, 1.54) is 0 Å². The van der Waals surface area contributed by atoms with Crippen molar-refractivity contribution in [2.24, 2.45) is 0 Å². The van der Waals surface area contributed by atoms with Gasteiger partial charge < -0.3 is 12.8 Å². The first-order valence-electron chi connectivity index (χ1n) is 19.5. The molecule has 1 nitrogen and oxygen atoms in total. The molecule has 288 valence electrons. The van der Waals surface area contributed by atoms with Gasteiger partial charge in [0.05, 0.1) is 0 Å². The van der Waals surface area contributed by atoms with Crippen molar-refractivity contribution in [1.29, 1.82) is 0 Å². The summed E-state index contributed by atoms with van der Waals surface area (Å²) in [6.45, 7) is 77.5. The van der Waals surface area contributed by atoms with Gasteiger partial charge in [0.2, 0.25) is 0 Å². The molecule has 0 spiro atoms. The Morgan fingerprint density at radius 3 is 0.729 bits per heavy atom. The van der Waals surface area contributed by atoms with Gasteiger partial charge in [0, 0.05) is 64.6 Å². The van der Waals surface area contributed by atoms with E-state index in [9.17, 15) is 0 Å². The third-order valence-electron chi connectivity index (χ3n) is 11.4. The van der Waals surface area contributed by atoms with Crippen molar-refractivity contribution in [1.82, 2.24) is 4.65 Å². The highest BCUT2D eigenvalue weighted by molar-refractivity contribution is 7.51. The van der Waals surface area contributed by atoms with Crippen LogP contribution in [0.4, 0.5) is 0 Å². The van der Waals surface area contributed by atoms with E-state index in [1.807, 2.05) is 0 Å². The summed E-state index contributed by atoms with van der Waals surface area (Å²) in [6, 6.07) is 0. The SMILES string of the molecule is CC(C)[Si](N[Si](Cl)=[Si-][Si](C(C)C)(C([Si](C)(C)C)[Si](C)(C)C)C([Si](C)(C)C)[Si](C)(C)C)(C([Si](C)(C)C)[Si](C)(C)C)C([Si](C)(C)C)[Si](C)(C)C. The van der Waals surface area contributed by atoms with Gasteiger partial charge in [-0.25, -0.2) is 0 Å². The van der Waals surface area contributed by atoms with E-state index in [0.29, 0.717) is 0 Å². The van der Waals surface area contributed by atoms with E-state index in [-0.39, 0.29) is 0 Å². The molecule has 0 aliphatic heterocycles. The van der Waals surface area contributed by atoms with Crippen LogP contribution in [0.15, 0.2) is 0 Å². The topological polar surface area (TPSA) is 12.0 Å². The Morgan fingerprint density at radius 1 is 0.375 bits per heavy atom. The van der Waals surface area contributed by atoms with Crippen molar-refractivity contribution >= 4 is 107 Å². The summed E-state index contributed by atoms with van der Waals surface area (Å²) in [5.74, 6) is 0. The molecule has 0 rings (SSSR count). The molecule has 0 aliphatic carbocycles. The Morgan fingerprint density at radius 2 is 0.583 bits per heavy atom. The van der Waals surface area contributed by atoms with Gasteiger partial charge in [-0.2, -0.15) is 11.1 Å². The molecule has 0 aromatic rings. The number of nitrogens with one attached hydrogen (secondary N) is 1. The third-order valence-corrected chi connectivity index (χ3v) is 108. The van der Waals surface area contributed by atoms with Crippen molar-refractivity contribution in [3.63, 3.8) is 0 Å². The van der Waals surface area contributed by atoms with E-state index in [1.54, 1.807) is 0 Å². The first-order chi connectivity index (χ1) is 20.5. The molecule has 0 amide bonds. The minimum absolute atomic E-state index is 0.720. The number of hydrogen-bond donors (Lipinski definition) is 1. The molecule has 0 aromatic heterocycles. The maximum absolute atomic E-state index is 8.51. The van der Waals surface area contributed by atoms with Gasteiger partial charge >= 0.3 is 0 Å². The van der Waals surface area contributed by atoms with Crippen molar-refractivity contribution in [2.45, 2.75) is 215 Å². The van der Waals surface area contributed by atoms with Crippen LogP contribution in [-0.2, 0) is 0 Å². The summed E-state index contributed by atoms with van der Waals surface area (Å²) in [6.07, 6.45) is 0. The molecule has 0 unspecified atom stereocenters. The molecule has 0 atom stereocenters. The Hall–Kier alpha value is 2.69. The molecular formula is C34H91ClNSi12-. The van der Waals surface area contributed by atoms with Crippen molar-refractivity contribution in [3.05, 3.63) is 0 Å². The lowest BCUT2D eigenvalue weighted by Gasteiger charge is -2.68. The lowest BCUT2D eigenvalue weighted by molar-refractivity contribution is 0.934. The predicted molar refractivity (Wildman–Crippen MR) is 264 cm³/mol. The zero-order chi connectivity index (χ0) is 39.5. The minimum atomic E-state index is -2.14. The molecule has 48 heavy (non-hydrogen) atoms. The Kier molecular flexibility index (Phi) is 16.9. The maximum atomic E-state index is 8.51. The lowest BCUT2D eigenvalue weighted by atomic mass is 10.6. The second kappa shape index (κ2) is 16.0. The molecule has 0 bridgehead atoms. The van der Waals surface area contributed by atoms with Gasteiger partial charge in [-0.1, -0.05) is 200 Å². The van der Waals surface area contributed by atoms with Crippen molar-refractivity contribution in [3.8, 4) is 0 Å². The van der Waals surface area contributed by atoms with Crippen LogP contribution < -0.4 is 4.65 Å². The largest absolute Gasteiger partial charge is 0.462 e. The van der Waals surface area contributed by atoms with Crippen LogP contribution in [0.5, 0.6) is 0 Å².